The van der Waals surface area contributed by atoms with Crippen LogP contribution < -0.4 is 5.73 Å². The molecule has 78 valence electrons. The number of nitrogens with two attached hydrogens (primary N) is 1. The Morgan fingerprint density at radius 2 is 1.80 bits per heavy atom. The van der Waals surface area contributed by atoms with Crippen LogP contribution in [0.2, 0.25) is 0 Å². The van der Waals surface area contributed by atoms with Gasteiger partial charge < -0.3 is 10.8 Å². The van der Waals surface area contributed by atoms with E-state index in [1.807, 2.05) is 13.8 Å². The van der Waals surface area contributed by atoms with Crippen LogP contribution >= 0.6 is 0 Å². The third-order valence-corrected chi connectivity index (χ3v) is 2.50. The summed E-state index contributed by atoms with van der Waals surface area (Å²) in [5.74, 6) is 0.871. The van der Waals surface area contributed by atoms with E-state index in [9.17, 15) is 5.11 Å². The van der Waals surface area contributed by atoms with Crippen LogP contribution in [0.3, 0.4) is 0 Å². The van der Waals surface area contributed by atoms with Crippen molar-refractivity contribution < 1.29 is 5.11 Å². The number of nitrogen functional groups attached to an aromatic ring is 1. The topological polar surface area (TPSA) is 64.1 Å². The Balaban J connectivity index is 2.54. The van der Waals surface area contributed by atoms with Gasteiger partial charge in [0, 0.05) is 5.56 Å². The number of anilines is 1. The summed E-state index contributed by atoms with van der Waals surface area (Å²) in [4.78, 5) is 0. The third-order valence-electron chi connectivity index (χ3n) is 2.50. The van der Waals surface area contributed by atoms with Crippen molar-refractivity contribution in [3.63, 3.8) is 0 Å². The summed E-state index contributed by atoms with van der Waals surface area (Å²) in [6.07, 6.45) is 0. The first kappa shape index (κ1) is 9.58. The Morgan fingerprint density at radius 1 is 1.20 bits per heavy atom. The first-order valence-electron chi connectivity index (χ1n) is 4.70. The lowest BCUT2D eigenvalue weighted by molar-refractivity contribution is 0.475. The van der Waals surface area contributed by atoms with Gasteiger partial charge in [-0.25, -0.2) is 4.68 Å². The van der Waals surface area contributed by atoms with Gasteiger partial charge in [-0.05, 0) is 38.1 Å². The van der Waals surface area contributed by atoms with Gasteiger partial charge in [0.15, 0.2) is 0 Å². The normalized spacial score (nSPS) is 10.5. The summed E-state index contributed by atoms with van der Waals surface area (Å²) in [6.45, 7) is 3.86. The number of nitrogens with zero attached hydrogens (tertiary/aromatic N) is 2. The van der Waals surface area contributed by atoms with Crippen molar-refractivity contribution in [2.45, 2.75) is 13.8 Å². The number of aromatic nitrogens is 2. The van der Waals surface area contributed by atoms with Gasteiger partial charge in [-0.2, -0.15) is 5.10 Å². The molecule has 0 fully saturated rings. The van der Waals surface area contributed by atoms with E-state index in [1.165, 1.54) is 0 Å². The number of benzene rings is 1. The zero-order chi connectivity index (χ0) is 11.0. The van der Waals surface area contributed by atoms with Crippen LogP contribution in [0.25, 0.3) is 5.69 Å². The molecular formula is C11H13N3O. The fourth-order valence-electron chi connectivity index (χ4n) is 1.41. The van der Waals surface area contributed by atoms with E-state index in [4.69, 9.17) is 5.73 Å². The van der Waals surface area contributed by atoms with E-state index in [-0.39, 0.29) is 5.75 Å². The van der Waals surface area contributed by atoms with Crippen LogP contribution in [0.1, 0.15) is 11.3 Å². The maximum absolute atomic E-state index is 9.17. The standard InChI is InChI=1S/C11H13N3O/c1-7-8(2)13-14(11(7)12)9-3-5-10(15)6-4-9/h3-6,15H,12H2,1-2H3. The summed E-state index contributed by atoms with van der Waals surface area (Å²) in [6, 6.07) is 6.78. The van der Waals surface area contributed by atoms with Gasteiger partial charge in [-0.1, -0.05) is 0 Å². The molecule has 0 spiro atoms. The average Bonchev–Trinajstić information content (AvgIpc) is 2.47. The monoisotopic (exact) mass is 203 g/mol. The molecule has 0 amide bonds. The maximum Gasteiger partial charge on any atom is 0.130 e. The second-order valence-electron chi connectivity index (χ2n) is 3.52. The molecule has 4 heteroatoms. The van der Waals surface area contributed by atoms with Crippen molar-refractivity contribution in [2.75, 3.05) is 5.73 Å². The SMILES string of the molecule is Cc1nn(-c2ccc(O)cc2)c(N)c1C. The zero-order valence-electron chi connectivity index (χ0n) is 8.73. The summed E-state index contributed by atoms with van der Waals surface area (Å²) in [7, 11) is 0. The molecule has 4 nitrogen and oxygen atoms in total. The predicted molar refractivity (Wildman–Crippen MR) is 59.1 cm³/mol. The number of phenolic OH excluding ortho intramolecular Hbond substituents is 1. The Kier molecular flexibility index (Phi) is 2.11. The highest BCUT2D eigenvalue weighted by molar-refractivity contribution is 5.49. The van der Waals surface area contributed by atoms with Crippen molar-refractivity contribution in [3.8, 4) is 11.4 Å². The molecule has 1 aromatic carbocycles. The molecule has 2 rings (SSSR count). The van der Waals surface area contributed by atoms with Gasteiger partial charge in [-0.3, -0.25) is 0 Å². The van der Waals surface area contributed by atoms with Crippen LogP contribution in [0.5, 0.6) is 5.75 Å². The molecule has 0 unspecified atom stereocenters. The molecule has 15 heavy (non-hydrogen) atoms. The summed E-state index contributed by atoms with van der Waals surface area (Å²) < 4.78 is 1.67. The fourth-order valence-corrected chi connectivity index (χ4v) is 1.41. The maximum atomic E-state index is 9.17. The molecule has 3 N–H and O–H groups in total. The second kappa shape index (κ2) is 3.31. The predicted octanol–water partition coefficient (Wildman–Crippen LogP) is 1.78. The van der Waals surface area contributed by atoms with Crippen molar-refractivity contribution in [1.82, 2.24) is 9.78 Å². The van der Waals surface area contributed by atoms with Gasteiger partial charge in [0.2, 0.25) is 0 Å². The number of aryl methyl sites for hydroxylation is 1. The summed E-state index contributed by atoms with van der Waals surface area (Å²) in [5.41, 5.74) is 8.67. The van der Waals surface area contributed by atoms with Gasteiger partial charge in [0.25, 0.3) is 0 Å². The van der Waals surface area contributed by atoms with Crippen LogP contribution in [0.15, 0.2) is 24.3 Å². The van der Waals surface area contributed by atoms with Crippen LogP contribution in [-0.4, -0.2) is 14.9 Å². The van der Waals surface area contributed by atoms with E-state index in [2.05, 4.69) is 5.10 Å². The molecule has 0 radical (unpaired) electrons. The van der Waals surface area contributed by atoms with Gasteiger partial charge in [0.1, 0.15) is 11.6 Å². The molecule has 0 aliphatic carbocycles. The highest BCUT2D eigenvalue weighted by Gasteiger charge is 2.09. The summed E-state index contributed by atoms with van der Waals surface area (Å²) in [5, 5.41) is 13.5. The van der Waals surface area contributed by atoms with Gasteiger partial charge in [0.05, 0.1) is 11.4 Å². The van der Waals surface area contributed by atoms with Gasteiger partial charge in [-0.15, -0.1) is 0 Å². The van der Waals surface area contributed by atoms with E-state index in [0.717, 1.165) is 16.9 Å². The highest BCUT2D eigenvalue weighted by Crippen LogP contribution is 2.20. The fraction of sp³-hybridized carbons (Fsp3) is 0.182. The number of aromatic hydroxyl groups is 1. The van der Waals surface area contributed by atoms with E-state index in [1.54, 1.807) is 28.9 Å². The van der Waals surface area contributed by atoms with Crippen LogP contribution in [0, 0.1) is 13.8 Å². The average molecular weight is 203 g/mol. The Bertz CT molecular complexity index is 485. The molecule has 0 aliphatic rings. The molecule has 0 saturated heterocycles. The van der Waals surface area contributed by atoms with Crippen molar-refractivity contribution in [1.29, 1.82) is 0 Å². The quantitative estimate of drug-likeness (QED) is 0.742. The van der Waals surface area contributed by atoms with Crippen molar-refractivity contribution in [2.24, 2.45) is 0 Å². The number of hydrogen-bond acceptors (Lipinski definition) is 3. The van der Waals surface area contributed by atoms with Crippen LogP contribution in [0.4, 0.5) is 5.82 Å². The molecule has 1 heterocycles. The first-order valence-corrected chi connectivity index (χ1v) is 4.70. The number of hydrogen-bond donors (Lipinski definition) is 2. The summed E-state index contributed by atoms with van der Waals surface area (Å²) >= 11 is 0. The number of rotatable bonds is 1. The minimum atomic E-state index is 0.234. The Morgan fingerprint density at radius 3 is 2.27 bits per heavy atom. The molecule has 0 aliphatic heterocycles. The first-order chi connectivity index (χ1) is 7.09. The molecule has 2 aromatic rings. The Labute approximate surface area is 88.0 Å². The molecule has 0 atom stereocenters. The van der Waals surface area contributed by atoms with E-state index < -0.39 is 0 Å². The molecule has 1 aromatic heterocycles. The molecule has 0 bridgehead atoms. The lowest BCUT2D eigenvalue weighted by Gasteiger charge is -2.03. The smallest absolute Gasteiger partial charge is 0.130 e. The lowest BCUT2D eigenvalue weighted by Crippen LogP contribution is -2.01. The van der Waals surface area contributed by atoms with Crippen LogP contribution in [-0.2, 0) is 0 Å². The van der Waals surface area contributed by atoms with Crippen molar-refractivity contribution in [3.05, 3.63) is 35.5 Å². The minimum Gasteiger partial charge on any atom is -0.508 e. The molecule has 0 saturated carbocycles. The van der Waals surface area contributed by atoms with E-state index in [0.29, 0.717) is 5.82 Å². The van der Waals surface area contributed by atoms with Gasteiger partial charge >= 0.3 is 0 Å². The second-order valence-corrected chi connectivity index (χ2v) is 3.52. The largest absolute Gasteiger partial charge is 0.508 e. The lowest BCUT2D eigenvalue weighted by atomic mass is 10.3. The van der Waals surface area contributed by atoms with E-state index >= 15 is 0 Å². The Hall–Kier alpha value is -1.97. The third kappa shape index (κ3) is 1.54. The minimum absolute atomic E-state index is 0.234. The molecular weight excluding hydrogens is 190 g/mol. The highest BCUT2D eigenvalue weighted by atomic mass is 16.3. The zero-order valence-corrected chi connectivity index (χ0v) is 8.73. The number of phenols is 1. The van der Waals surface area contributed by atoms with Crippen molar-refractivity contribution >= 4 is 5.82 Å².